The second kappa shape index (κ2) is 5.85. The van der Waals surface area contributed by atoms with E-state index in [0.29, 0.717) is 6.04 Å². The second-order valence-corrected chi connectivity index (χ2v) is 5.88. The Labute approximate surface area is 116 Å². The number of carbonyl (C=O) groups is 1. The lowest BCUT2D eigenvalue weighted by Gasteiger charge is -2.27. The van der Waals surface area contributed by atoms with Crippen LogP contribution in [0.1, 0.15) is 25.3 Å². The van der Waals surface area contributed by atoms with E-state index >= 15 is 0 Å². The maximum absolute atomic E-state index is 12.2. The summed E-state index contributed by atoms with van der Waals surface area (Å²) < 4.78 is 1.07. The molecule has 0 bridgehead atoms. The van der Waals surface area contributed by atoms with Gasteiger partial charge in [0.25, 0.3) is 0 Å². The molecule has 1 aromatic rings. The van der Waals surface area contributed by atoms with Crippen LogP contribution in [0.3, 0.4) is 0 Å². The number of carbonyl (C=O) groups excluding carboxylic acids is 1. The normalized spacial score (nSPS) is 23.7. The van der Waals surface area contributed by atoms with Crippen molar-refractivity contribution >= 4 is 27.5 Å². The van der Waals surface area contributed by atoms with Crippen molar-refractivity contribution in [2.45, 2.75) is 32.7 Å². The highest BCUT2D eigenvalue weighted by Gasteiger charge is 2.24. The summed E-state index contributed by atoms with van der Waals surface area (Å²) in [5.74, 6) is 0.273. The summed E-state index contributed by atoms with van der Waals surface area (Å²) in [4.78, 5) is 12.2. The summed E-state index contributed by atoms with van der Waals surface area (Å²) in [6, 6.07) is 6.32. The largest absolute Gasteiger partial charge is 0.326 e. The minimum absolute atomic E-state index is 0.130. The fourth-order valence-electron chi connectivity index (χ4n) is 2.34. The monoisotopic (exact) mass is 310 g/mol. The molecular weight excluding hydrogens is 292 g/mol. The van der Waals surface area contributed by atoms with Crippen LogP contribution in [0.2, 0.25) is 0 Å². The number of aryl methyl sites for hydroxylation is 1. The van der Waals surface area contributed by atoms with Crippen molar-refractivity contribution in [1.82, 2.24) is 5.32 Å². The average molecular weight is 311 g/mol. The Balaban J connectivity index is 2.00. The van der Waals surface area contributed by atoms with Gasteiger partial charge in [-0.2, -0.15) is 0 Å². The van der Waals surface area contributed by atoms with Gasteiger partial charge in [0.2, 0.25) is 5.91 Å². The first-order valence-electron chi connectivity index (χ1n) is 6.36. The molecule has 1 amide bonds. The van der Waals surface area contributed by atoms with Gasteiger partial charge in [-0.05, 0) is 57.0 Å². The molecule has 0 saturated carbocycles. The zero-order chi connectivity index (χ0) is 13.1. The number of amides is 1. The molecule has 2 N–H and O–H groups in total. The molecule has 1 heterocycles. The maximum Gasteiger partial charge on any atom is 0.227 e. The predicted octanol–water partition coefficient (Wildman–Crippen LogP) is 3.08. The fourth-order valence-corrected chi connectivity index (χ4v) is 2.58. The van der Waals surface area contributed by atoms with Crippen molar-refractivity contribution in [1.29, 1.82) is 0 Å². The van der Waals surface area contributed by atoms with Crippen molar-refractivity contribution in [3.05, 3.63) is 28.2 Å². The molecule has 2 rings (SSSR count). The molecule has 1 fully saturated rings. The average Bonchev–Trinajstić information content (AvgIpc) is 2.34. The number of halogens is 1. The third-order valence-electron chi connectivity index (χ3n) is 3.42. The summed E-state index contributed by atoms with van der Waals surface area (Å²) in [7, 11) is 0. The van der Waals surface area contributed by atoms with E-state index in [1.165, 1.54) is 0 Å². The van der Waals surface area contributed by atoms with Crippen LogP contribution < -0.4 is 10.6 Å². The van der Waals surface area contributed by atoms with Gasteiger partial charge < -0.3 is 10.6 Å². The Hall–Kier alpha value is -0.870. The number of benzene rings is 1. The minimum Gasteiger partial charge on any atom is -0.326 e. The summed E-state index contributed by atoms with van der Waals surface area (Å²) in [5, 5.41) is 6.37. The van der Waals surface area contributed by atoms with Crippen LogP contribution in [0.15, 0.2) is 22.7 Å². The maximum atomic E-state index is 12.2. The lowest BCUT2D eigenvalue weighted by molar-refractivity contribution is -0.120. The molecule has 0 aliphatic carbocycles. The van der Waals surface area contributed by atoms with Crippen LogP contribution in [0.25, 0.3) is 0 Å². The molecule has 0 aromatic heterocycles. The zero-order valence-electron chi connectivity index (χ0n) is 10.8. The van der Waals surface area contributed by atoms with Crippen molar-refractivity contribution in [3.8, 4) is 0 Å². The van der Waals surface area contributed by atoms with Gasteiger partial charge in [0, 0.05) is 22.1 Å². The van der Waals surface area contributed by atoms with Gasteiger partial charge in [-0.3, -0.25) is 4.79 Å². The first-order chi connectivity index (χ1) is 8.56. The van der Waals surface area contributed by atoms with Crippen molar-refractivity contribution < 1.29 is 4.79 Å². The molecule has 18 heavy (non-hydrogen) atoms. The molecule has 98 valence electrons. The van der Waals surface area contributed by atoms with E-state index in [9.17, 15) is 4.79 Å². The van der Waals surface area contributed by atoms with Crippen molar-refractivity contribution in [2.75, 3.05) is 11.9 Å². The van der Waals surface area contributed by atoms with Crippen LogP contribution in [0, 0.1) is 12.8 Å². The van der Waals surface area contributed by atoms with Gasteiger partial charge in [0.15, 0.2) is 0 Å². The summed E-state index contributed by atoms with van der Waals surface area (Å²) in [6.45, 7) is 5.08. The van der Waals surface area contributed by atoms with Gasteiger partial charge in [-0.15, -0.1) is 0 Å². The Morgan fingerprint density at radius 3 is 2.94 bits per heavy atom. The topological polar surface area (TPSA) is 41.1 Å². The Bertz CT molecular complexity index is 447. The molecule has 1 saturated heterocycles. The van der Waals surface area contributed by atoms with E-state index < -0.39 is 0 Å². The third kappa shape index (κ3) is 3.33. The number of nitrogens with one attached hydrogen (secondary N) is 2. The van der Waals surface area contributed by atoms with Crippen LogP contribution in [-0.4, -0.2) is 18.5 Å². The molecule has 0 radical (unpaired) electrons. The number of hydrogen-bond donors (Lipinski definition) is 2. The van der Waals surface area contributed by atoms with E-state index in [0.717, 1.165) is 35.1 Å². The molecule has 4 heteroatoms. The van der Waals surface area contributed by atoms with Gasteiger partial charge in [0.1, 0.15) is 0 Å². The van der Waals surface area contributed by atoms with Crippen LogP contribution >= 0.6 is 15.9 Å². The molecule has 2 unspecified atom stereocenters. The molecule has 3 nitrogen and oxygen atoms in total. The molecular formula is C14H19BrN2O. The van der Waals surface area contributed by atoms with Gasteiger partial charge >= 0.3 is 0 Å². The number of rotatable bonds is 2. The minimum atomic E-state index is 0.130. The third-order valence-corrected chi connectivity index (χ3v) is 4.31. The lowest BCUT2D eigenvalue weighted by Crippen LogP contribution is -2.40. The van der Waals surface area contributed by atoms with E-state index in [4.69, 9.17) is 0 Å². The number of anilines is 1. The zero-order valence-corrected chi connectivity index (χ0v) is 12.4. The smallest absolute Gasteiger partial charge is 0.227 e. The number of hydrogen-bond acceptors (Lipinski definition) is 2. The molecule has 0 spiro atoms. The van der Waals surface area contributed by atoms with E-state index in [1.807, 2.05) is 25.1 Å². The van der Waals surface area contributed by atoms with Crippen molar-refractivity contribution in [3.63, 3.8) is 0 Å². The molecule has 1 aliphatic heterocycles. The highest BCUT2D eigenvalue weighted by atomic mass is 79.9. The highest BCUT2D eigenvalue weighted by molar-refractivity contribution is 9.10. The van der Waals surface area contributed by atoms with Gasteiger partial charge in [-0.1, -0.05) is 15.9 Å². The van der Waals surface area contributed by atoms with Gasteiger partial charge in [0.05, 0.1) is 0 Å². The van der Waals surface area contributed by atoms with E-state index in [-0.39, 0.29) is 11.8 Å². The fraction of sp³-hybridized carbons (Fsp3) is 0.500. The van der Waals surface area contributed by atoms with Crippen LogP contribution in [0.5, 0.6) is 0 Å². The lowest BCUT2D eigenvalue weighted by atomic mass is 9.92. The van der Waals surface area contributed by atoms with Gasteiger partial charge in [-0.25, -0.2) is 0 Å². The standard InChI is InChI=1S/C14H19BrN2O/c1-9-7-12(3-4-13(9)15)17-14(18)11-5-6-16-10(2)8-11/h3-4,7,10-11,16H,5-6,8H2,1-2H3,(H,17,18). The molecule has 1 aliphatic rings. The summed E-state index contributed by atoms with van der Waals surface area (Å²) in [5.41, 5.74) is 2.01. The molecule has 1 aromatic carbocycles. The second-order valence-electron chi connectivity index (χ2n) is 5.03. The van der Waals surface area contributed by atoms with Crippen LogP contribution in [-0.2, 0) is 4.79 Å². The van der Waals surface area contributed by atoms with E-state index in [1.54, 1.807) is 0 Å². The Morgan fingerprint density at radius 1 is 1.50 bits per heavy atom. The molecule has 2 atom stereocenters. The van der Waals surface area contributed by atoms with E-state index in [2.05, 4.69) is 33.5 Å². The van der Waals surface area contributed by atoms with Crippen LogP contribution in [0.4, 0.5) is 5.69 Å². The SMILES string of the molecule is Cc1cc(NC(=O)C2CCNC(C)C2)ccc1Br. The summed E-state index contributed by atoms with van der Waals surface area (Å²) >= 11 is 3.46. The quantitative estimate of drug-likeness (QED) is 0.881. The highest BCUT2D eigenvalue weighted by Crippen LogP contribution is 2.22. The first kappa shape index (κ1) is 13.6. The summed E-state index contributed by atoms with van der Waals surface area (Å²) in [6.07, 6.45) is 1.84. The Kier molecular flexibility index (Phi) is 4.40. The number of piperidine rings is 1. The first-order valence-corrected chi connectivity index (χ1v) is 7.16. The predicted molar refractivity (Wildman–Crippen MR) is 77.7 cm³/mol. The van der Waals surface area contributed by atoms with Crippen molar-refractivity contribution in [2.24, 2.45) is 5.92 Å². The Morgan fingerprint density at radius 2 is 2.28 bits per heavy atom.